The van der Waals surface area contributed by atoms with Crippen LogP contribution in [0.2, 0.25) is 0 Å². The number of hydrogen-bond acceptors (Lipinski definition) is 5. The number of carbonyl (C=O) groups is 2. The summed E-state index contributed by atoms with van der Waals surface area (Å²) in [4.78, 5) is 26.1. The predicted molar refractivity (Wildman–Crippen MR) is 75.3 cm³/mol. The maximum Gasteiger partial charge on any atom is 0.231 e. The van der Waals surface area contributed by atoms with Crippen molar-refractivity contribution in [2.24, 2.45) is 11.8 Å². The van der Waals surface area contributed by atoms with E-state index in [0.29, 0.717) is 11.7 Å². The molecule has 1 aliphatic carbocycles. The molecule has 1 saturated carbocycles. The van der Waals surface area contributed by atoms with Gasteiger partial charge in [-0.2, -0.15) is 0 Å². The Labute approximate surface area is 121 Å². The second-order valence-electron chi connectivity index (χ2n) is 5.51. The molecule has 1 aliphatic heterocycles. The normalized spacial score (nSPS) is 22.6. The fraction of sp³-hybridized carbons (Fsp3) is 0.692. The lowest BCUT2D eigenvalue weighted by atomic mass is 9.97. The van der Waals surface area contributed by atoms with E-state index in [9.17, 15) is 9.59 Å². The van der Waals surface area contributed by atoms with E-state index < -0.39 is 0 Å². The first kappa shape index (κ1) is 13.5. The van der Waals surface area contributed by atoms with Crippen molar-refractivity contribution in [1.29, 1.82) is 0 Å². The minimum atomic E-state index is -0.129. The zero-order valence-electron chi connectivity index (χ0n) is 11.5. The van der Waals surface area contributed by atoms with Crippen LogP contribution in [0.4, 0.5) is 5.13 Å². The third kappa shape index (κ3) is 2.98. The smallest absolute Gasteiger partial charge is 0.231 e. The second-order valence-corrected chi connectivity index (χ2v) is 6.69. The summed E-state index contributed by atoms with van der Waals surface area (Å²) in [6.45, 7) is 3.18. The molecule has 2 heterocycles. The lowest BCUT2D eigenvalue weighted by molar-refractivity contribution is -0.135. The zero-order chi connectivity index (χ0) is 14.1. The number of aromatic nitrogens is 2. The van der Waals surface area contributed by atoms with E-state index in [4.69, 9.17) is 0 Å². The SMILES string of the molecule is Cc1nnc(NC(=O)C2CCCN(C(=O)C3CC3)C2)s1. The van der Waals surface area contributed by atoms with Crippen LogP contribution in [0.15, 0.2) is 0 Å². The average Bonchev–Trinajstić information content (AvgIpc) is 3.22. The van der Waals surface area contributed by atoms with E-state index in [-0.39, 0.29) is 23.7 Å². The summed E-state index contributed by atoms with van der Waals surface area (Å²) in [6, 6.07) is 0. The molecule has 1 N–H and O–H groups in total. The van der Waals surface area contributed by atoms with Gasteiger partial charge in [-0.25, -0.2) is 0 Å². The number of likely N-dealkylation sites (tertiary alicyclic amines) is 1. The van der Waals surface area contributed by atoms with Crippen LogP contribution in [0.25, 0.3) is 0 Å². The fourth-order valence-corrected chi connectivity index (χ4v) is 3.13. The van der Waals surface area contributed by atoms with Gasteiger partial charge >= 0.3 is 0 Å². The molecule has 1 aromatic rings. The quantitative estimate of drug-likeness (QED) is 0.915. The van der Waals surface area contributed by atoms with Gasteiger partial charge < -0.3 is 10.2 Å². The summed E-state index contributed by atoms with van der Waals surface area (Å²) in [6.07, 6.45) is 3.75. The number of piperidine rings is 1. The lowest BCUT2D eigenvalue weighted by Crippen LogP contribution is -2.44. The highest BCUT2D eigenvalue weighted by atomic mass is 32.1. The molecule has 3 rings (SSSR count). The molecule has 0 aromatic carbocycles. The van der Waals surface area contributed by atoms with Gasteiger partial charge in [0.25, 0.3) is 0 Å². The Balaban J connectivity index is 1.58. The molecule has 1 aromatic heterocycles. The lowest BCUT2D eigenvalue weighted by Gasteiger charge is -2.32. The van der Waals surface area contributed by atoms with Crippen molar-refractivity contribution in [2.45, 2.75) is 32.6 Å². The van der Waals surface area contributed by atoms with E-state index in [0.717, 1.165) is 37.2 Å². The van der Waals surface area contributed by atoms with Gasteiger partial charge in [0.2, 0.25) is 16.9 Å². The number of hydrogen-bond donors (Lipinski definition) is 1. The van der Waals surface area contributed by atoms with Crippen LogP contribution in [0.3, 0.4) is 0 Å². The van der Waals surface area contributed by atoms with Gasteiger partial charge in [-0.15, -0.1) is 10.2 Å². The summed E-state index contributed by atoms with van der Waals surface area (Å²) >= 11 is 1.37. The molecule has 2 fully saturated rings. The molecule has 7 heteroatoms. The Morgan fingerprint density at radius 3 is 2.70 bits per heavy atom. The standard InChI is InChI=1S/C13H18N4O2S/c1-8-15-16-13(20-8)14-11(18)10-3-2-6-17(7-10)12(19)9-4-5-9/h9-10H,2-7H2,1H3,(H,14,16,18). The number of amides is 2. The summed E-state index contributed by atoms with van der Waals surface area (Å²) in [5.41, 5.74) is 0. The molecule has 2 aliphatic rings. The number of nitrogens with zero attached hydrogens (tertiary/aromatic N) is 3. The number of nitrogens with one attached hydrogen (secondary N) is 1. The van der Waals surface area contributed by atoms with Gasteiger partial charge in [-0.3, -0.25) is 9.59 Å². The fourth-order valence-electron chi connectivity index (χ4n) is 2.53. The van der Waals surface area contributed by atoms with E-state index >= 15 is 0 Å². The molecule has 2 amide bonds. The van der Waals surface area contributed by atoms with Crippen LogP contribution in [0.1, 0.15) is 30.7 Å². The van der Waals surface area contributed by atoms with Gasteiger partial charge in [0.1, 0.15) is 5.01 Å². The van der Waals surface area contributed by atoms with Gasteiger partial charge in [-0.05, 0) is 32.6 Å². The van der Waals surface area contributed by atoms with Gasteiger partial charge in [-0.1, -0.05) is 11.3 Å². The van der Waals surface area contributed by atoms with E-state index in [1.54, 1.807) is 0 Å². The molecule has 1 unspecified atom stereocenters. The van der Waals surface area contributed by atoms with Crippen molar-refractivity contribution in [1.82, 2.24) is 15.1 Å². The zero-order valence-corrected chi connectivity index (χ0v) is 12.3. The number of anilines is 1. The highest BCUT2D eigenvalue weighted by Crippen LogP contribution is 2.32. The molecular weight excluding hydrogens is 276 g/mol. The molecule has 20 heavy (non-hydrogen) atoms. The first-order valence-corrected chi connectivity index (χ1v) is 7.85. The Morgan fingerprint density at radius 2 is 2.05 bits per heavy atom. The van der Waals surface area contributed by atoms with Crippen LogP contribution in [-0.2, 0) is 9.59 Å². The molecule has 1 atom stereocenters. The first-order chi connectivity index (χ1) is 9.63. The molecule has 0 bridgehead atoms. The largest absolute Gasteiger partial charge is 0.342 e. The molecule has 0 spiro atoms. The van der Waals surface area contributed by atoms with Crippen molar-refractivity contribution in [3.8, 4) is 0 Å². The molecular formula is C13H18N4O2S. The van der Waals surface area contributed by atoms with Crippen molar-refractivity contribution in [3.05, 3.63) is 5.01 Å². The summed E-state index contributed by atoms with van der Waals surface area (Å²) in [5, 5.41) is 12.0. The van der Waals surface area contributed by atoms with Crippen LogP contribution >= 0.6 is 11.3 Å². The topological polar surface area (TPSA) is 75.2 Å². The highest BCUT2D eigenvalue weighted by molar-refractivity contribution is 7.15. The molecule has 0 radical (unpaired) electrons. The van der Waals surface area contributed by atoms with Crippen LogP contribution in [0.5, 0.6) is 0 Å². The maximum absolute atomic E-state index is 12.2. The maximum atomic E-state index is 12.2. The van der Waals surface area contributed by atoms with Crippen LogP contribution in [-0.4, -0.2) is 40.0 Å². The molecule has 108 valence electrons. The summed E-state index contributed by atoms with van der Waals surface area (Å²) < 4.78 is 0. The Hall–Kier alpha value is -1.50. The van der Waals surface area contributed by atoms with E-state index in [2.05, 4.69) is 15.5 Å². The van der Waals surface area contributed by atoms with Gasteiger partial charge in [0.15, 0.2) is 0 Å². The monoisotopic (exact) mass is 294 g/mol. The first-order valence-electron chi connectivity index (χ1n) is 7.03. The second kappa shape index (κ2) is 5.47. The minimum Gasteiger partial charge on any atom is -0.342 e. The minimum absolute atomic E-state index is 0.0468. The Kier molecular flexibility index (Phi) is 3.69. The Morgan fingerprint density at radius 1 is 1.25 bits per heavy atom. The van der Waals surface area contributed by atoms with Gasteiger partial charge in [0.05, 0.1) is 5.92 Å². The predicted octanol–water partition coefficient (Wildman–Crippen LogP) is 1.43. The average molecular weight is 294 g/mol. The van der Waals surface area contributed by atoms with Crippen molar-refractivity contribution >= 4 is 28.3 Å². The van der Waals surface area contributed by atoms with Crippen LogP contribution < -0.4 is 5.32 Å². The third-order valence-corrected chi connectivity index (χ3v) is 4.54. The number of carbonyl (C=O) groups excluding carboxylic acids is 2. The van der Waals surface area contributed by atoms with Crippen molar-refractivity contribution in [2.75, 3.05) is 18.4 Å². The van der Waals surface area contributed by atoms with E-state index in [1.807, 2.05) is 11.8 Å². The molecule has 1 saturated heterocycles. The van der Waals surface area contributed by atoms with Gasteiger partial charge in [0, 0.05) is 19.0 Å². The summed E-state index contributed by atoms with van der Waals surface area (Å²) in [5.74, 6) is 0.280. The third-order valence-electron chi connectivity index (χ3n) is 3.79. The van der Waals surface area contributed by atoms with Crippen molar-refractivity contribution < 1.29 is 9.59 Å². The highest BCUT2D eigenvalue weighted by Gasteiger charge is 2.36. The summed E-state index contributed by atoms with van der Waals surface area (Å²) in [7, 11) is 0. The number of rotatable bonds is 3. The van der Waals surface area contributed by atoms with Crippen molar-refractivity contribution in [3.63, 3.8) is 0 Å². The molecule has 6 nitrogen and oxygen atoms in total. The Bertz CT molecular complexity index is 526. The number of aryl methyl sites for hydroxylation is 1. The van der Waals surface area contributed by atoms with Crippen LogP contribution in [0, 0.1) is 18.8 Å². The van der Waals surface area contributed by atoms with E-state index in [1.165, 1.54) is 11.3 Å².